The molecule has 0 aromatic heterocycles. The topological polar surface area (TPSA) is 74.8 Å². The summed E-state index contributed by atoms with van der Waals surface area (Å²) >= 11 is 0. The van der Waals surface area contributed by atoms with E-state index in [1.807, 2.05) is 39.0 Å². The third-order valence-electron chi connectivity index (χ3n) is 5.13. The van der Waals surface area contributed by atoms with E-state index in [4.69, 9.17) is 0 Å². The largest absolute Gasteiger partial charge is 0.308 e. The van der Waals surface area contributed by atoms with Crippen LogP contribution >= 0.6 is 0 Å². The Kier molecular flexibility index (Phi) is 5.54. The average molecular weight is 415 g/mol. The lowest BCUT2D eigenvalue weighted by Gasteiger charge is -2.41. The van der Waals surface area contributed by atoms with Gasteiger partial charge in [-0.05, 0) is 42.3 Å². The zero-order valence-corrected chi connectivity index (χ0v) is 18.2. The second-order valence-electron chi connectivity index (χ2n) is 7.84. The normalized spacial score (nSPS) is 16.7. The molecule has 0 radical (unpaired) electrons. The van der Waals surface area contributed by atoms with Crippen molar-refractivity contribution in [2.75, 3.05) is 22.6 Å². The number of carbonyl (C=O) groups is 2. The van der Waals surface area contributed by atoms with Crippen LogP contribution in [0.3, 0.4) is 0 Å². The minimum Gasteiger partial charge on any atom is -0.308 e. The molecule has 7 heteroatoms. The zero-order valence-electron chi connectivity index (χ0n) is 17.3. The highest BCUT2D eigenvalue weighted by Gasteiger charge is 2.34. The van der Waals surface area contributed by atoms with E-state index >= 15 is 0 Å². The van der Waals surface area contributed by atoms with Gasteiger partial charge in [0.25, 0.3) is 0 Å². The molecule has 1 aliphatic rings. The number of sulfone groups is 1. The van der Waals surface area contributed by atoms with Crippen molar-refractivity contribution >= 4 is 33.0 Å². The van der Waals surface area contributed by atoms with Crippen molar-refractivity contribution in [1.29, 1.82) is 0 Å². The molecular weight excluding hydrogens is 388 g/mol. The highest BCUT2D eigenvalue weighted by Crippen LogP contribution is 2.39. The molecule has 0 aliphatic carbocycles. The third-order valence-corrected chi connectivity index (χ3v) is 6.26. The lowest BCUT2D eigenvalue weighted by molar-refractivity contribution is -0.122. The Balaban J connectivity index is 2.11. The first kappa shape index (κ1) is 21.0. The monoisotopic (exact) mass is 414 g/mol. The fraction of sp³-hybridized carbons (Fsp3) is 0.364. The summed E-state index contributed by atoms with van der Waals surface area (Å²) in [5.74, 6) is -0.233. The van der Waals surface area contributed by atoms with Gasteiger partial charge in [0, 0.05) is 25.6 Å². The fourth-order valence-electron chi connectivity index (χ4n) is 3.70. The molecule has 0 bridgehead atoms. The van der Waals surface area contributed by atoms with E-state index in [9.17, 15) is 18.0 Å². The van der Waals surface area contributed by atoms with E-state index in [0.29, 0.717) is 17.9 Å². The van der Waals surface area contributed by atoms with Crippen LogP contribution in [0.1, 0.15) is 27.7 Å². The number of hydrogen-bond donors (Lipinski definition) is 0. The molecule has 0 spiro atoms. The lowest BCUT2D eigenvalue weighted by Crippen LogP contribution is -2.52. The minimum atomic E-state index is -3.27. The molecule has 6 nitrogen and oxygen atoms in total. The van der Waals surface area contributed by atoms with Crippen molar-refractivity contribution in [3.63, 3.8) is 0 Å². The van der Waals surface area contributed by atoms with Gasteiger partial charge in [0.15, 0.2) is 9.84 Å². The van der Waals surface area contributed by atoms with E-state index < -0.39 is 9.84 Å². The molecule has 0 fully saturated rings. The van der Waals surface area contributed by atoms with Gasteiger partial charge in [0.1, 0.15) is 0 Å². The Hall–Kier alpha value is -2.67. The summed E-state index contributed by atoms with van der Waals surface area (Å²) in [6.45, 7) is 7.61. The van der Waals surface area contributed by atoms with E-state index in [0.717, 1.165) is 11.1 Å². The van der Waals surface area contributed by atoms with Crippen LogP contribution in [-0.4, -0.2) is 39.1 Å². The molecule has 2 aromatic carbocycles. The Bertz CT molecular complexity index is 1060. The number of hydrogen-bond acceptors (Lipinski definition) is 4. The smallest absolute Gasteiger partial charge is 0.229 e. The molecule has 0 saturated heterocycles. The number of anilines is 2. The van der Waals surface area contributed by atoms with Gasteiger partial charge >= 0.3 is 0 Å². The van der Waals surface area contributed by atoms with Gasteiger partial charge < -0.3 is 9.80 Å². The van der Waals surface area contributed by atoms with Crippen LogP contribution in [0.15, 0.2) is 47.4 Å². The zero-order chi connectivity index (χ0) is 21.5. The summed E-state index contributed by atoms with van der Waals surface area (Å²) in [6.07, 6.45) is 1.17. The molecule has 0 N–H and O–H groups in total. The van der Waals surface area contributed by atoms with Crippen LogP contribution in [0.2, 0.25) is 0 Å². The predicted octanol–water partition coefficient (Wildman–Crippen LogP) is 3.50. The summed E-state index contributed by atoms with van der Waals surface area (Å²) in [4.78, 5) is 28.8. The van der Waals surface area contributed by atoms with Crippen molar-refractivity contribution in [1.82, 2.24) is 0 Å². The molecule has 1 atom stereocenters. The molecule has 2 amide bonds. The van der Waals surface area contributed by atoms with Crippen molar-refractivity contribution in [2.24, 2.45) is 5.92 Å². The second-order valence-corrected chi connectivity index (χ2v) is 9.86. The van der Waals surface area contributed by atoms with Crippen LogP contribution in [-0.2, 0) is 19.4 Å². The van der Waals surface area contributed by atoms with Gasteiger partial charge in [-0.25, -0.2) is 8.42 Å². The highest BCUT2D eigenvalue weighted by atomic mass is 32.2. The van der Waals surface area contributed by atoms with E-state index in [-0.39, 0.29) is 28.7 Å². The van der Waals surface area contributed by atoms with E-state index in [2.05, 4.69) is 0 Å². The number of fused-ring (bicyclic) bond motifs is 1. The molecular formula is C22H26N2O4S. The Morgan fingerprint density at radius 3 is 2.10 bits per heavy atom. The second kappa shape index (κ2) is 7.63. The van der Waals surface area contributed by atoms with Gasteiger partial charge in [-0.1, -0.05) is 32.0 Å². The van der Waals surface area contributed by atoms with Gasteiger partial charge in [-0.3, -0.25) is 9.59 Å². The summed E-state index contributed by atoms with van der Waals surface area (Å²) in [5, 5.41) is 0. The van der Waals surface area contributed by atoms with Crippen LogP contribution in [0, 0.1) is 5.92 Å². The Labute approximate surface area is 172 Å². The third kappa shape index (κ3) is 4.05. The first-order chi connectivity index (χ1) is 13.5. The van der Waals surface area contributed by atoms with Crippen LogP contribution < -0.4 is 9.80 Å². The molecule has 154 valence electrons. The molecule has 1 unspecified atom stereocenters. The van der Waals surface area contributed by atoms with Crippen LogP contribution in [0.25, 0.3) is 11.1 Å². The standard InChI is InChI=1S/C22H26N2O4S/c1-14(2)22(26)23-13-15(3)24(16(4)25)20-11-8-18(12-21(20)23)17-6-9-19(10-7-17)29(5,27)28/h6-12,14-15H,13H2,1-5H3. The average Bonchev–Trinajstić information content (AvgIpc) is 2.65. The summed E-state index contributed by atoms with van der Waals surface area (Å²) < 4.78 is 23.4. The Morgan fingerprint density at radius 2 is 1.59 bits per heavy atom. The van der Waals surface area contributed by atoms with Gasteiger partial charge in [0.05, 0.1) is 22.3 Å². The lowest BCUT2D eigenvalue weighted by atomic mass is 9.99. The van der Waals surface area contributed by atoms with Gasteiger partial charge in [-0.2, -0.15) is 0 Å². The summed E-state index contributed by atoms with van der Waals surface area (Å²) in [6, 6.07) is 12.2. The van der Waals surface area contributed by atoms with Crippen molar-refractivity contribution in [3.8, 4) is 11.1 Å². The molecule has 1 heterocycles. The minimum absolute atomic E-state index is 0.00544. The fourth-order valence-corrected chi connectivity index (χ4v) is 4.33. The first-order valence-corrected chi connectivity index (χ1v) is 11.5. The quantitative estimate of drug-likeness (QED) is 0.770. The van der Waals surface area contributed by atoms with Crippen molar-refractivity contribution in [2.45, 2.75) is 38.6 Å². The van der Waals surface area contributed by atoms with Crippen LogP contribution in [0.5, 0.6) is 0 Å². The van der Waals surface area contributed by atoms with E-state index in [1.165, 1.54) is 13.2 Å². The molecule has 1 aliphatic heterocycles. The SMILES string of the molecule is CC(=O)N1c2ccc(-c3ccc(S(C)(=O)=O)cc3)cc2N(C(=O)C(C)C)CC1C. The maximum atomic E-state index is 12.8. The Morgan fingerprint density at radius 1 is 1.00 bits per heavy atom. The maximum Gasteiger partial charge on any atom is 0.229 e. The molecule has 29 heavy (non-hydrogen) atoms. The maximum absolute atomic E-state index is 12.8. The summed E-state index contributed by atoms with van der Waals surface area (Å²) in [5.41, 5.74) is 3.09. The number of carbonyl (C=O) groups excluding carboxylic acids is 2. The van der Waals surface area contributed by atoms with Crippen LogP contribution in [0.4, 0.5) is 11.4 Å². The highest BCUT2D eigenvalue weighted by molar-refractivity contribution is 7.90. The van der Waals surface area contributed by atoms with Gasteiger partial charge in [-0.15, -0.1) is 0 Å². The molecule has 3 rings (SSSR count). The number of benzene rings is 2. The van der Waals surface area contributed by atoms with E-state index in [1.54, 1.807) is 34.1 Å². The van der Waals surface area contributed by atoms with Crippen molar-refractivity contribution < 1.29 is 18.0 Å². The number of rotatable bonds is 3. The van der Waals surface area contributed by atoms with Crippen molar-refractivity contribution in [3.05, 3.63) is 42.5 Å². The number of amides is 2. The van der Waals surface area contributed by atoms with Gasteiger partial charge in [0.2, 0.25) is 11.8 Å². The first-order valence-electron chi connectivity index (χ1n) is 9.56. The number of nitrogens with zero attached hydrogens (tertiary/aromatic N) is 2. The predicted molar refractivity (Wildman–Crippen MR) is 115 cm³/mol. The molecule has 0 saturated carbocycles. The molecule has 2 aromatic rings. The summed E-state index contributed by atoms with van der Waals surface area (Å²) in [7, 11) is -3.27.